The number of phenolic OH excluding ortho intramolecular Hbond substituents is 1. The third-order valence-electron chi connectivity index (χ3n) is 2.72. The number of nitrogens with one attached hydrogen (secondary N) is 1. The third-order valence-corrected chi connectivity index (χ3v) is 2.72. The van der Waals surface area contributed by atoms with Gasteiger partial charge in [0.15, 0.2) is 0 Å². The summed E-state index contributed by atoms with van der Waals surface area (Å²) in [6.45, 7) is 0.469. The average molecular weight is 259 g/mol. The van der Waals surface area contributed by atoms with E-state index in [0.29, 0.717) is 17.9 Å². The lowest BCUT2D eigenvalue weighted by Gasteiger charge is -2.13. The Bertz CT molecular complexity index is 565. The normalized spacial score (nSPS) is 10.4. The van der Waals surface area contributed by atoms with Gasteiger partial charge in [-0.2, -0.15) is 0 Å². The third kappa shape index (κ3) is 3.08. The smallest absolute Gasteiger partial charge is 0.118 e. The lowest BCUT2D eigenvalue weighted by molar-refractivity contribution is 0.311. The average Bonchev–Trinajstić information content (AvgIpc) is 2.36. The Morgan fingerprint density at radius 3 is 2.47 bits per heavy atom. The van der Waals surface area contributed by atoms with Crippen molar-refractivity contribution >= 4 is 17.1 Å². The second-order valence-electron chi connectivity index (χ2n) is 4.27. The molecule has 0 aliphatic heterocycles. The number of hydrogen-bond acceptors (Lipinski definition) is 5. The van der Waals surface area contributed by atoms with Crippen molar-refractivity contribution in [3.8, 4) is 16.9 Å². The van der Waals surface area contributed by atoms with Crippen LogP contribution in [0.15, 0.2) is 36.4 Å². The summed E-state index contributed by atoms with van der Waals surface area (Å²) >= 11 is 0. The number of aliphatic hydroxyl groups is 1. The minimum atomic E-state index is 0.0337. The maximum absolute atomic E-state index is 9.62. The molecule has 2 aromatic carbocycles. The molecule has 0 atom stereocenters. The van der Waals surface area contributed by atoms with Crippen LogP contribution in [0.1, 0.15) is 0 Å². The highest BCUT2D eigenvalue weighted by Crippen LogP contribution is 2.33. The molecule has 0 amide bonds. The predicted octanol–water partition coefficient (Wildman–Crippen LogP) is 1.63. The highest BCUT2D eigenvalue weighted by molar-refractivity contribution is 5.82. The molecule has 19 heavy (non-hydrogen) atoms. The van der Waals surface area contributed by atoms with Crippen LogP contribution in [0.2, 0.25) is 0 Å². The Kier molecular flexibility index (Phi) is 3.77. The summed E-state index contributed by atoms with van der Waals surface area (Å²) < 4.78 is 0. The second-order valence-corrected chi connectivity index (χ2v) is 4.27. The molecule has 100 valence electrons. The van der Waals surface area contributed by atoms with Gasteiger partial charge in [0.05, 0.1) is 6.61 Å². The summed E-state index contributed by atoms with van der Waals surface area (Å²) in [5.41, 5.74) is 15.1. The van der Waals surface area contributed by atoms with E-state index in [0.717, 1.165) is 16.8 Å². The van der Waals surface area contributed by atoms with Gasteiger partial charge >= 0.3 is 0 Å². The summed E-state index contributed by atoms with van der Waals surface area (Å²) in [5, 5.41) is 21.6. The summed E-state index contributed by atoms with van der Waals surface area (Å²) in [5.74, 6) is 0.102. The number of anilines is 3. The van der Waals surface area contributed by atoms with Crippen molar-refractivity contribution in [1.29, 1.82) is 0 Å². The first-order valence-electron chi connectivity index (χ1n) is 5.94. The van der Waals surface area contributed by atoms with Crippen LogP contribution >= 0.6 is 0 Å². The summed E-state index contributed by atoms with van der Waals surface area (Å²) in [6, 6.07) is 10.3. The molecule has 5 heteroatoms. The van der Waals surface area contributed by atoms with E-state index in [1.807, 2.05) is 6.07 Å². The molecular formula is C14H17N3O2. The highest BCUT2D eigenvalue weighted by atomic mass is 16.3. The van der Waals surface area contributed by atoms with Gasteiger partial charge in [-0.1, -0.05) is 0 Å². The molecule has 0 fully saturated rings. The standard InChI is InChI=1S/C14H17N3O2/c15-10-1-2-14(17-3-4-18)13(8-10)9-5-11(16)7-12(19)6-9/h1-2,5-8,17-19H,3-4,15-16H2. The second kappa shape index (κ2) is 5.49. The fraction of sp³-hybridized carbons (Fsp3) is 0.143. The topological polar surface area (TPSA) is 105 Å². The van der Waals surface area contributed by atoms with Crippen molar-refractivity contribution in [2.75, 3.05) is 29.9 Å². The number of aromatic hydroxyl groups is 1. The maximum Gasteiger partial charge on any atom is 0.118 e. The summed E-state index contributed by atoms with van der Waals surface area (Å²) in [4.78, 5) is 0. The first kappa shape index (κ1) is 13.0. The van der Waals surface area contributed by atoms with Crippen molar-refractivity contribution in [3.05, 3.63) is 36.4 Å². The van der Waals surface area contributed by atoms with E-state index in [9.17, 15) is 5.11 Å². The number of nitrogen functional groups attached to an aromatic ring is 2. The number of phenols is 1. The van der Waals surface area contributed by atoms with Crippen molar-refractivity contribution in [1.82, 2.24) is 0 Å². The zero-order valence-electron chi connectivity index (χ0n) is 10.4. The molecule has 2 aromatic rings. The number of hydrogen-bond donors (Lipinski definition) is 5. The molecule has 0 bridgehead atoms. The Hall–Kier alpha value is -2.40. The summed E-state index contributed by atoms with van der Waals surface area (Å²) in [7, 11) is 0. The van der Waals surface area contributed by atoms with Crippen LogP contribution in [0.3, 0.4) is 0 Å². The quantitative estimate of drug-likeness (QED) is 0.537. The molecule has 0 aliphatic rings. The van der Waals surface area contributed by atoms with Crippen LogP contribution in [-0.2, 0) is 0 Å². The molecule has 7 N–H and O–H groups in total. The molecule has 0 aromatic heterocycles. The van der Waals surface area contributed by atoms with Crippen LogP contribution < -0.4 is 16.8 Å². The zero-order chi connectivity index (χ0) is 13.8. The fourth-order valence-corrected chi connectivity index (χ4v) is 1.94. The molecule has 0 saturated carbocycles. The molecular weight excluding hydrogens is 242 g/mol. The van der Waals surface area contributed by atoms with E-state index in [4.69, 9.17) is 16.6 Å². The van der Waals surface area contributed by atoms with Gasteiger partial charge in [0.1, 0.15) is 5.75 Å². The fourth-order valence-electron chi connectivity index (χ4n) is 1.94. The number of rotatable bonds is 4. The molecule has 0 saturated heterocycles. The maximum atomic E-state index is 9.62. The molecule has 2 rings (SSSR count). The minimum Gasteiger partial charge on any atom is -0.508 e. The molecule has 0 aliphatic carbocycles. The first-order chi connectivity index (χ1) is 9.10. The van der Waals surface area contributed by atoms with Gasteiger partial charge in [0, 0.05) is 35.2 Å². The van der Waals surface area contributed by atoms with Gasteiger partial charge < -0.3 is 27.0 Å². The van der Waals surface area contributed by atoms with E-state index in [1.54, 1.807) is 24.3 Å². The Morgan fingerprint density at radius 1 is 1.00 bits per heavy atom. The number of benzene rings is 2. The van der Waals surface area contributed by atoms with Gasteiger partial charge in [-0.3, -0.25) is 0 Å². The number of nitrogens with two attached hydrogens (primary N) is 2. The Morgan fingerprint density at radius 2 is 1.79 bits per heavy atom. The van der Waals surface area contributed by atoms with Crippen molar-refractivity contribution in [2.45, 2.75) is 0 Å². The number of aliphatic hydroxyl groups excluding tert-OH is 1. The Labute approximate surface area is 111 Å². The van der Waals surface area contributed by atoms with E-state index >= 15 is 0 Å². The van der Waals surface area contributed by atoms with E-state index < -0.39 is 0 Å². The van der Waals surface area contributed by atoms with E-state index in [2.05, 4.69) is 5.32 Å². The van der Waals surface area contributed by atoms with Gasteiger partial charge in [-0.05, 0) is 35.9 Å². The summed E-state index contributed by atoms with van der Waals surface area (Å²) in [6.07, 6.45) is 0. The SMILES string of the molecule is Nc1cc(O)cc(-c2cc(N)ccc2NCCO)c1. The van der Waals surface area contributed by atoms with Crippen molar-refractivity contribution < 1.29 is 10.2 Å². The van der Waals surface area contributed by atoms with Gasteiger partial charge in [-0.15, -0.1) is 0 Å². The zero-order valence-corrected chi connectivity index (χ0v) is 10.4. The van der Waals surface area contributed by atoms with Crippen LogP contribution in [0.4, 0.5) is 17.1 Å². The van der Waals surface area contributed by atoms with Gasteiger partial charge in [0.25, 0.3) is 0 Å². The Balaban J connectivity index is 2.49. The van der Waals surface area contributed by atoms with Gasteiger partial charge in [0.2, 0.25) is 0 Å². The minimum absolute atomic E-state index is 0.0337. The van der Waals surface area contributed by atoms with Gasteiger partial charge in [-0.25, -0.2) is 0 Å². The monoisotopic (exact) mass is 259 g/mol. The van der Waals surface area contributed by atoms with Crippen LogP contribution in [0.5, 0.6) is 5.75 Å². The van der Waals surface area contributed by atoms with Crippen LogP contribution in [0.25, 0.3) is 11.1 Å². The van der Waals surface area contributed by atoms with Crippen molar-refractivity contribution in [3.63, 3.8) is 0 Å². The predicted molar refractivity (Wildman–Crippen MR) is 77.9 cm³/mol. The molecule has 0 heterocycles. The van der Waals surface area contributed by atoms with E-state index in [-0.39, 0.29) is 12.4 Å². The molecule has 0 unspecified atom stereocenters. The van der Waals surface area contributed by atoms with E-state index in [1.165, 1.54) is 6.07 Å². The molecule has 0 radical (unpaired) electrons. The highest BCUT2D eigenvalue weighted by Gasteiger charge is 2.07. The van der Waals surface area contributed by atoms with Crippen LogP contribution in [-0.4, -0.2) is 23.4 Å². The lowest BCUT2D eigenvalue weighted by Crippen LogP contribution is -2.06. The first-order valence-corrected chi connectivity index (χ1v) is 5.94. The lowest BCUT2D eigenvalue weighted by atomic mass is 10.0. The van der Waals surface area contributed by atoms with Crippen LogP contribution in [0, 0.1) is 0 Å². The molecule has 5 nitrogen and oxygen atoms in total. The molecule has 0 spiro atoms. The largest absolute Gasteiger partial charge is 0.508 e. The van der Waals surface area contributed by atoms with Crippen molar-refractivity contribution in [2.24, 2.45) is 0 Å².